The van der Waals surface area contributed by atoms with E-state index >= 15 is 0 Å². The fraction of sp³-hybridized carbons (Fsp3) is 0.526. The highest BCUT2D eigenvalue weighted by atomic mass is 16.5. The number of hydrogen-bond donors (Lipinski definition) is 1. The van der Waals surface area contributed by atoms with Crippen molar-refractivity contribution in [2.45, 2.75) is 6.54 Å². The number of anilines is 2. The van der Waals surface area contributed by atoms with Crippen LogP contribution in [0.15, 0.2) is 18.6 Å². The number of morpholine rings is 1. The van der Waals surface area contributed by atoms with Crippen LogP contribution in [0.1, 0.15) is 5.82 Å². The van der Waals surface area contributed by atoms with E-state index < -0.39 is 0 Å². The number of ether oxygens (including phenoxy) is 1. The molecular formula is C19H26N10O. The lowest BCUT2D eigenvalue weighted by Gasteiger charge is -2.31. The maximum atomic E-state index is 5.64. The minimum atomic E-state index is 0.239. The number of hydrogen-bond acceptors (Lipinski definition) is 10. The Morgan fingerprint density at radius 1 is 1.00 bits per heavy atom. The van der Waals surface area contributed by atoms with Crippen LogP contribution < -0.4 is 10.6 Å². The third-order valence-corrected chi connectivity index (χ3v) is 5.59. The van der Waals surface area contributed by atoms with Gasteiger partial charge in [-0.15, -0.1) is 5.10 Å². The summed E-state index contributed by atoms with van der Waals surface area (Å²) in [6, 6.07) is 0. The summed E-state index contributed by atoms with van der Waals surface area (Å²) in [5, 5.41) is 4.77. The summed E-state index contributed by atoms with van der Waals surface area (Å²) >= 11 is 0. The van der Waals surface area contributed by atoms with Gasteiger partial charge in [-0.1, -0.05) is 0 Å². The van der Waals surface area contributed by atoms with Gasteiger partial charge >= 0.3 is 0 Å². The molecule has 0 atom stereocenters. The first-order valence-electron chi connectivity index (χ1n) is 10.2. The van der Waals surface area contributed by atoms with Gasteiger partial charge in [0.1, 0.15) is 0 Å². The first-order valence-corrected chi connectivity index (χ1v) is 10.2. The van der Waals surface area contributed by atoms with Crippen LogP contribution in [0.5, 0.6) is 0 Å². The maximum absolute atomic E-state index is 5.64. The maximum Gasteiger partial charge on any atom is 0.219 e. The number of likely N-dealkylation sites (N-methyl/N-ethyl adjacent to an activating group) is 1. The monoisotopic (exact) mass is 410 g/mol. The first-order chi connectivity index (χ1) is 14.7. The Hall–Kier alpha value is -2.89. The highest BCUT2D eigenvalue weighted by Gasteiger charge is 2.22. The summed E-state index contributed by atoms with van der Waals surface area (Å²) in [5.41, 5.74) is 7.93. The smallest absolute Gasteiger partial charge is 0.219 e. The summed E-state index contributed by atoms with van der Waals surface area (Å²) in [5.74, 6) is 1.86. The van der Waals surface area contributed by atoms with Gasteiger partial charge in [-0.05, 0) is 7.05 Å². The van der Waals surface area contributed by atoms with Crippen LogP contribution in [0.3, 0.4) is 0 Å². The van der Waals surface area contributed by atoms with Crippen LogP contribution in [0.4, 0.5) is 11.8 Å². The van der Waals surface area contributed by atoms with Crippen molar-refractivity contribution in [3.8, 4) is 11.3 Å². The van der Waals surface area contributed by atoms with Crippen LogP contribution in [0.2, 0.25) is 0 Å². The number of nitrogens with two attached hydrogens (primary N) is 1. The van der Waals surface area contributed by atoms with E-state index in [1.165, 1.54) is 0 Å². The summed E-state index contributed by atoms with van der Waals surface area (Å²) in [6.07, 6.45) is 5.25. The predicted octanol–water partition coefficient (Wildman–Crippen LogP) is -0.252. The molecule has 5 rings (SSSR count). The van der Waals surface area contributed by atoms with Gasteiger partial charge in [-0.2, -0.15) is 0 Å². The van der Waals surface area contributed by atoms with E-state index in [0.29, 0.717) is 13.2 Å². The third kappa shape index (κ3) is 3.91. The molecule has 0 aliphatic carbocycles. The minimum absolute atomic E-state index is 0.239. The van der Waals surface area contributed by atoms with Crippen molar-refractivity contribution in [3.05, 3.63) is 24.4 Å². The normalized spacial score (nSPS) is 18.9. The molecule has 11 heteroatoms. The second kappa shape index (κ2) is 8.09. The van der Waals surface area contributed by atoms with Gasteiger partial charge in [-0.3, -0.25) is 4.90 Å². The average molecular weight is 410 g/mol. The van der Waals surface area contributed by atoms with Crippen LogP contribution in [0.25, 0.3) is 16.9 Å². The number of rotatable bonds is 4. The highest BCUT2D eigenvalue weighted by Crippen LogP contribution is 2.25. The van der Waals surface area contributed by atoms with Crippen molar-refractivity contribution in [2.24, 2.45) is 0 Å². The molecule has 0 saturated carbocycles. The van der Waals surface area contributed by atoms with Gasteiger partial charge in [0.25, 0.3) is 0 Å². The van der Waals surface area contributed by atoms with E-state index in [0.717, 1.165) is 74.4 Å². The fourth-order valence-corrected chi connectivity index (χ4v) is 3.79. The molecule has 30 heavy (non-hydrogen) atoms. The Labute approximate surface area is 174 Å². The molecule has 0 aromatic carbocycles. The molecule has 0 amide bonds. The number of aromatic nitrogens is 6. The molecule has 0 radical (unpaired) electrons. The SMILES string of the molecule is CN1CCN(Cc2nc3c(N4CCOCC4)nc(-c4cnc(N)nc4)cn3n2)CC1. The second-order valence-corrected chi connectivity index (χ2v) is 7.75. The fourth-order valence-electron chi connectivity index (χ4n) is 3.79. The molecular weight excluding hydrogens is 384 g/mol. The number of piperazine rings is 1. The molecule has 11 nitrogen and oxygen atoms in total. The van der Waals surface area contributed by atoms with E-state index in [4.69, 9.17) is 25.5 Å². The molecule has 2 aliphatic rings. The van der Waals surface area contributed by atoms with Crippen molar-refractivity contribution in [1.82, 2.24) is 39.3 Å². The molecule has 0 unspecified atom stereocenters. The molecule has 5 heterocycles. The molecule has 2 N–H and O–H groups in total. The Balaban J connectivity index is 1.51. The summed E-state index contributed by atoms with van der Waals surface area (Å²) < 4.78 is 7.35. The second-order valence-electron chi connectivity index (χ2n) is 7.75. The zero-order valence-corrected chi connectivity index (χ0v) is 17.1. The van der Waals surface area contributed by atoms with Crippen LogP contribution in [-0.2, 0) is 11.3 Å². The molecule has 0 bridgehead atoms. The molecule has 3 aromatic rings. The van der Waals surface area contributed by atoms with E-state index in [2.05, 4.69) is 31.7 Å². The van der Waals surface area contributed by atoms with Crippen molar-refractivity contribution in [3.63, 3.8) is 0 Å². The van der Waals surface area contributed by atoms with E-state index in [1.807, 2.05) is 10.7 Å². The van der Waals surface area contributed by atoms with Crippen molar-refractivity contribution in [2.75, 3.05) is 70.2 Å². The lowest BCUT2D eigenvalue weighted by molar-refractivity contribution is 0.122. The summed E-state index contributed by atoms with van der Waals surface area (Å²) in [7, 11) is 2.16. The molecule has 158 valence electrons. The average Bonchev–Trinajstić information content (AvgIpc) is 3.18. The van der Waals surface area contributed by atoms with Crippen molar-refractivity contribution >= 4 is 17.4 Å². The number of fused-ring (bicyclic) bond motifs is 1. The van der Waals surface area contributed by atoms with Gasteiger partial charge in [0.15, 0.2) is 17.3 Å². The van der Waals surface area contributed by atoms with Crippen LogP contribution >= 0.6 is 0 Å². The minimum Gasteiger partial charge on any atom is -0.378 e. The lowest BCUT2D eigenvalue weighted by atomic mass is 10.2. The Bertz CT molecular complexity index is 1010. The Morgan fingerprint density at radius 2 is 1.73 bits per heavy atom. The first kappa shape index (κ1) is 19.1. The summed E-state index contributed by atoms with van der Waals surface area (Å²) in [4.78, 5) is 24.9. The van der Waals surface area contributed by atoms with Crippen molar-refractivity contribution in [1.29, 1.82) is 0 Å². The Kier molecular flexibility index (Phi) is 5.15. The van der Waals surface area contributed by atoms with Gasteiger partial charge in [0.2, 0.25) is 5.95 Å². The van der Waals surface area contributed by atoms with Gasteiger partial charge in [-0.25, -0.2) is 24.5 Å². The Morgan fingerprint density at radius 3 is 2.47 bits per heavy atom. The van der Waals surface area contributed by atoms with Gasteiger partial charge in [0.05, 0.1) is 31.6 Å². The molecule has 2 fully saturated rings. The largest absolute Gasteiger partial charge is 0.378 e. The van der Waals surface area contributed by atoms with E-state index in [1.54, 1.807) is 12.4 Å². The van der Waals surface area contributed by atoms with Crippen LogP contribution in [-0.4, -0.2) is 98.9 Å². The van der Waals surface area contributed by atoms with E-state index in [9.17, 15) is 0 Å². The third-order valence-electron chi connectivity index (χ3n) is 5.59. The quantitative estimate of drug-likeness (QED) is 0.617. The number of nitrogens with zero attached hydrogens (tertiary/aromatic N) is 9. The zero-order chi connectivity index (χ0) is 20.5. The summed E-state index contributed by atoms with van der Waals surface area (Å²) in [6.45, 7) is 7.79. The zero-order valence-electron chi connectivity index (χ0n) is 17.1. The number of nitrogen functional groups attached to an aromatic ring is 1. The standard InChI is InChI=1S/C19H26N10O/c1-26-2-4-27(5-3-26)13-16-24-18-17(28-6-8-30-9-7-28)23-15(12-29(18)25-16)14-10-21-19(20)22-11-14/h10-12H,2-9,13H2,1H3,(H2,20,21,22). The van der Waals surface area contributed by atoms with Crippen LogP contribution in [0, 0.1) is 0 Å². The lowest BCUT2D eigenvalue weighted by Crippen LogP contribution is -2.44. The topological polar surface area (TPSA) is 114 Å². The molecule has 3 aromatic heterocycles. The molecule has 0 spiro atoms. The van der Waals surface area contributed by atoms with Gasteiger partial charge in [0, 0.05) is 57.2 Å². The molecule has 2 aliphatic heterocycles. The molecule has 2 saturated heterocycles. The van der Waals surface area contributed by atoms with Gasteiger partial charge < -0.3 is 20.3 Å². The van der Waals surface area contributed by atoms with Crippen molar-refractivity contribution < 1.29 is 4.74 Å². The highest BCUT2D eigenvalue weighted by molar-refractivity contribution is 5.69. The predicted molar refractivity (Wildman–Crippen MR) is 112 cm³/mol. The van der Waals surface area contributed by atoms with E-state index in [-0.39, 0.29) is 5.95 Å².